The van der Waals surface area contributed by atoms with Gasteiger partial charge >= 0.3 is 0 Å². The van der Waals surface area contributed by atoms with E-state index in [0.29, 0.717) is 23.2 Å². The van der Waals surface area contributed by atoms with Gasteiger partial charge in [-0.1, -0.05) is 0 Å². The lowest BCUT2D eigenvalue weighted by Crippen LogP contribution is -2.62. The van der Waals surface area contributed by atoms with Crippen molar-refractivity contribution in [2.24, 2.45) is 0 Å². The van der Waals surface area contributed by atoms with Crippen molar-refractivity contribution in [2.75, 3.05) is 11.9 Å². The van der Waals surface area contributed by atoms with E-state index in [2.05, 4.69) is 25.5 Å². The van der Waals surface area contributed by atoms with E-state index in [1.165, 1.54) is 0 Å². The summed E-state index contributed by atoms with van der Waals surface area (Å²) >= 11 is 0. The smallest absolute Gasteiger partial charge is 0.245 e. The molecule has 2 aromatic heterocycles. The van der Waals surface area contributed by atoms with Crippen LogP contribution in [-0.4, -0.2) is 60.7 Å². The second-order valence-corrected chi connectivity index (χ2v) is 8.43. The van der Waals surface area contributed by atoms with Gasteiger partial charge in [-0.3, -0.25) is 0 Å². The Balaban J connectivity index is 1.37. The highest BCUT2D eigenvalue weighted by Crippen LogP contribution is 2.39. The van der Waals surface area contributed by atoms with Crippen LogP contribution in [0.4, 0.5) is 10.3 Å². The zero-order valence-electron chi connectivity index (χ0n) is 16.9. The van der Waals surface area contributed by atoms with Gasteiger partial charge in [0.1, 0.15) is 17.6 Å². The van der Waals surface area contributed by atoms with Crippen LogP contribution in [-0.2, 0) is 0 Å². The van der Waals surface area contributed by atoms with Crippen LogP contribution in [0.15, 0.2) is 43.1 Å². The van der Waals surface area contributed by atoms with E-state index >= 15 is 4.39 Å². The zero-order valence-corrected chi connectivity index (χ0v) is 16.9. The number of phenolic OH excluding ortho intramolecular Hbond substituents is 1. The van der Waals surface area contributed by atoms with E-state index in [0.717, 1.165) is 24.9 Å². The van der Waals surface area contributed by atoms with Crippen LogP contribution in [0, 0.1) is 0 Å². The van der Waals surface area contributed by atoms with Crippen molar-refractivity contribution >= 4 is 5.95 Å². The van der Waals surface area contributed by atoms with Gasteiger partial charge in [-0.05, 0) is 38.3 Å². The summed E-state index contributed by atoms with van der Waals surface area (Å²) in [7, 11) is 1.82. The lowest BCUT2D eigenvalue weighted by Gasteiger charge is -2.43. The SMILES string of the molecule is CN(c1ncc(-c2ccc(-n3ccnc3)cc2O)nn1)[C@H]1CC2CC[C@@](C)(N2)[C@H]1F. The Kier molecular flexibility index (Phi) is 4.43. The quantitative estimate of drug-likeness (QED) is 0.684. The lowest BCUT2D eigenvalue weighted by molar-refractivity contribution is 0.111. The van der Waals surface area contributed by atoms with Crippen molar-refractivity contribution in [2.45, 2.75) is 50.0 Å². The second kappa shape index (κ2) is 7.02. The normalized spacial score (nSPS) is 27.9. The van der Waals surface area contributed by atoms with Gasteiger partial charge in [-0.15, -0.1) is 10.2 Å². The Morgan fingerprint density at radius 3 is 2.90 bits per heavy atom. The molecule has 0 spiro atoms. The van der Waals surface area contributed by atoms with Gasteiger partial charge in [-0.25, -0.2) is 14.4 Å². The van der Waals surface area contributed by atoms with E-state index in [4.69, 9.17) is 0 Å². The third-order valence-electron chi connectivity index (χ3n) is 6.44. The molecule has 9 heteroatoms. The van der Waals surface area contributed by atoms with Gasteiger partial charge < -0.3 is 19.9 Å². The number of hydrogen-bond donors (Lipinski definition) is 2. The molecule has 4 atom stereocenters. The van der Waals surface area contributed by atoms with E-state index < -0.39 is 11.7 Å². The van der Waals surface area contributed by atoms with Crippen LogP contribution in [0.3, 0.4) is 0 Å². The number of phenols is 1. The number of rotatable bonds is 4. The molecule has 2 N–H and O–H groups in total. The number of hydrogen-bond acceptors (Lipinski definition) is 7. The summed E-state index contributed by atoms with van der Waals surface area (Å²) in [5.41, 5.74) is 1.28. The molecule has 0 aliphatic carbocycles. The van der Waals surface area contributed by atoms with Crippen LogP contribution in [0.5, 0.6) is 5.75 Å². The van der Waals surface area contributed by atoms with Gasteiger partial charge in [0.2, 0.25) is 5.95 Å². The first-order chi connectivity index (χ1) is 14.4. The van der Waals surface area contributed by atoms with Crippen molar-refractivity contribution in [3.05, 3.63) is 43.1 Å². The Morgan fingerprint density at radius 2 is 2.20 bits per heavy atom. The summed E-state index contributed by atoms with van der Waals surface area (Å²) < 4.78 is 17.0. The topological polar surface area (TPSA) is 92.0 Å². The molecular weight excluding hydrogens is 385 g/mol. The fraction of sp³-hybridized carbons (Fsp3) is 0.429. The minimum atomic E-state index is -1.01. The Bertz CT molecular complexity index is 1040. The highest BCUT2D eigenvalue weighted by atomic mass is 19.1. The van der Waals surface area contributed by atoms with Crippen LogP contribution < -0.4 is 10.2 Å². The number of nitrogens with one attached hydrogen (secondary N) is 1. The molecule has 8 nitrogen and oxygen atoms in total. The van der Waals surface area contributed by atoms with Gasteiger partial charge in [0.15, 0.2) is 0 Å². The van der Waals surface area contributed by atoms with Crippen LogP contribution in [0.2, 0.25) is 0 Å². The summed E-state index contributed by atoms with van der Waals surface area (Å²) in [4.78, 5) is 10.2. The fourth-order valence-electron chi connectivity index (χ4n) is 4.68. The molecule has 2 bridgehead atoms. The van der Waals surface area contributed by atoms with E-state index in [-0.39, 0.29) is 11.8 Å². The molecule has 4 heterocycles. The molecule has 0 saturated carbocycles. The lowest BCUT2D eigenvalue weighted by atomic mass is 9.86. The maximum Gasteiger partial charge on any atom is 0.245 e. The third-order valence-corrected chi connectivity index (χ3v) is 6.44. The third kappa shape index (κ3) is 3.09. The molecule has 1 unspecified atom stereocenters. The summed E-state index contributed by atoms with van der Waals surface area (Å²) in [6.07, 6.45) is 8.24. The second-order valence-electron chi connectivity index (χ2n) is 8.43. The summed E-state index contributed by atoms with van der Waals surface area (Å²) in [5, 5.41) is 22.3. The van der Waals surface area contributed by atoms with Crippen molar-refractivity contribution in [1.29, 1.82) is 0 Å². The molecule has 2 saturated heterocycles. The summed E-state index contributed by atoms with van der Waals surface area (Å²) in [6.45, 7) is 1.95. The molecule has 2 fully saturated rings. The van der Waals surface area contributed by atoms with Crippen LogP contribution in [0.1, 0.15) is 26.2 Å². The average Bonchev–Trinajstić information content (AvgIpc) is 3.40. The average molecular weight is 409 g/mol. The van der Waals surface area contributed by atoms with Gasteiger partial charge in [0, 0.05) is 42.7 Å². The first-order valence-corrected chi connectivity index (χ1v) is 10.1. The minimum Gasteiger partial charge on any atom is -0.507 e. The largest absolute Gasteiger partial charge is 0.507 e. The Hall–Kier alpha value is -3.07. The molecule has 1 aromatic carbocycles. The molecular formula is C21H24FN7O. The number of alkyl halides is 1. The van der Waals surface area contributed by atoms with Crippen molar-refractivity contribution in [3.8, 4) is 22.7 Å². The molecule has 156 valence electrons. The predicted octanol–water partition coefficient (Wildman–Crippen LogP) is 2.49. The number of aromatic hydroxyl groups is 1. The Morgan fingerprint density at radius 1 is 1.33 bits per heavy atom. The number of anilines is 1. The van der Waals surface area contributed by atoms with E-state index in [1.54, 1.807) is 46.5 Å². The molecule has 30 heavy (non-hydrogen) atoms. The number of imidazole rings is 1. The van der Waals surface area contributed by atoms with Crippen molar-refractivity contribution in [1.82, 2.24) is 30.0 Å². The molecule has 0 amide bonds. The fourth-order valence-corrected chi connectivity index (χ4v) is 4.68. The maximum absolute atomic E-state index is 15.2. The molecule has 5 rings (SSSR count). The van der Waals surface area contributed by atoms with Crippen molar-refractivity contribution < 1.29 is 9.50 Å². The molecule has 2 aliphatic heterocycles. The Labute approximate surface area is 173 Å². The van der Waals surface area contributed by atoms with Gasteiger partial charge in [0.05, 0.1) is 24.3 Å². The highest BCUT2D eigenvalue weighted by Gasteiger charge is 2.51. The first-order valence-electron chi connectivity index (χ1n) is 10.1. The maximum atomic E-state index is 15.2. The van der Waals surface area contributed by atoms with Crippen LogP contribution >= 0.6 is 0 Å². The van der Waals surface area contributed by atoms with Crippen LogP contribution in [0.25, 0.3) is 16.9 Å². The molecule has 0 radical (unpaired) electrons. The van der Waals surface area contributed by atoms with Gasteiger partial charge in [-0.2, -0.15) is 0 Å². The van der Waals surface area contributed by atoms with Crippen molar-refractivity contribution in [3.63, 3.8) is 0 Å². The van der Waals surface area contributed by atoms with Gasteiger partial charge in [0.25, 0.3) is 0 Å². The number of nitrogens with zero attached hydrogens (tertiary/aromatic N) is 6. The number of piperidine rings is 1. The number of halogens is 1. The number of aromatic nitrogens is 5. The minimum absolute atomic E-state index is 0.0741. The van der Waals surface area contributed by atoms with E-state index in [1.807, 2.05) is 20.0 Å². The number of fused-ring (bicyclic) bond motifs is 2. The monoisotopic (exact) mass is 409 g/mol. The predicted molar refractivity (Wildman–Crippen MR) is 110 cm³/mol. The molecule has 2 aliphatic rings. The molecule has 3 aromatic rings. The zero-order chi connectivity index (χ0) is 20.9. The highest BCUT2D eigenvalue weighted by molar-refractivity contribution is 5.68. The van der Waals surface area contributed by atoms with E-state index in [9.17, 15) is 5.11 Å². The summed E-state index contributed by atoms with van der Waals surface area (Å²) in [5.74, 6) is 0.455. The summed E-state index contributed by atoms with van der Waals surface area (Å²) in [6, 6.07) is 5.30. The first kappa shape index (κ1) is 18.9. The number of benzene rings is 1. The standard InChI is InChI=1S/C21H24FN7O/c1-21-6-5-13(25-21)9-17(19(21)22)28(2)20-24-11-16(26-27-20)15-4-3-14(10-18(15)30)29-8-7-23-12-29/h3-4,7-8,10-13,17,19,25,30H,5-6,9H2,1-2H3/t13?,17-,19-,21+/m0/s1.